The van der Waals surface area contributed by atoms with Crippen LogP contribution in [0, 0.1) is 5.41 Å². The molecule has 0 N–H and O–H groups in total. The fourth-order valence-electron chi connectivity index (χ4n) is 1.63. The van der Waals surface area contributed by atoms with E-state index in [0.29, 0.717) is 12.2 Å². The molecule has 0 aliphatic carbocycles. The summed E-state index contributed by atoms with van der Waals surface area (Å²) in [6, 6.07) is 7.77. The summed E-state index contributed by atoms with van der Waals surface area (Å²) in [6.45, 7) is 13.2. The molecule has 1 aromatic rings. The van der Waals surface area contributed by atoms with E-state index in [4.69, 9.17) is 4.74 Å². The molecule has 2 heteroatoms. The highest BCUT2D eigenvalue weighted by Gasteiger charge is 2.19. The van der Waals surface area contributed by atoms with Crippen molar-refractivity contribution in [3.05, 3.63) is 35.4 Å². The van der Waals surface area contributed by atoms with E-state index in [9.17, 15) is 4.79 Å². The number of esters is 1. The van der Waals surface area contributed by atoms with E-state index < -0.39 is 0 Å². The van der Waals surface area contributed by atoms with E-state index in [1.165, 1.54) is 5.56 Å². The predicted molar refractivity (Wildman–Crippen MR) is 79.5 cm³/mol. The van der Waals surface area contributed by atoms with E-state index in [2.05, 4.69) is 20.8 Å². The van der Waals surface area contributed by atoms with Gasteiger partial charge in [0.1, 0.15) is 0 Å². The monoisotopic (exact) mass is 262 g/mol. The van der Waals surface area contributed by atoms with Gasteiger partial charge in [0, 0.05) is 0 Å². The summed E-state index contributed by atoms with van der Waals surface area (Å²) in [5, 5.41) is 0. The smallest absolute Gasteiger partial charge is 0.338 e. The molecule has 0 fully saturated rings. The van der Waals surface area contributed by atoms with Crippen LogP contribution in [0.5, 0.6) is 0 Å². The Labute approximate surface area is 117 Å². The highest BCUT2D eigenvalue weighted by Crippen LogP contribution is 2.26. The second-order valence-electron chi connectivity index (χ2n) is 6.95. The Morgan fingerprint density at radius 3 is 2.00 bits per heavy atom. The van der Waals surface area contributed by atoms with Crippen molar-refractivity contribution in [1.82, 2.24) is 0 Å². The van der Waals surface area contributed by atoms with Gasteiger partial charge in [-0.25, -0.2) is 4.79 Å². The normalized spacial score (nSPS) is 12.3. The van der Waals surface area contributed by atoms with Crippen molar-refractivity contribution in [2.24, 2.45) is 5.41 Å². The minimum absolute atomic E-state index is 0.000196. The van der Waals surface area contributed by atoms with Crippen LogP contribution in [0.3, 0.4) is 0 Å². The number of benzene rings is 1. The van der Waals surface area contributed by atoms with E-state index in [-0.39, 0.29) is 16.8 Å². The Bertz CT molecular complexity index is 422. The third kappa shape index (κ3) is 4.70. The van der Waals surface area contributed by atoms with Crippen molar-refractivity contribution >= 4 is 5.97 Å². The summed E-state index contributed by atoms with van der Waals surface area (Å²) < 4.78 is 5.31. The van der Waals surface area contributed by atoms with Crippen LogP contribution < -0.4 is 0 Å². The molecule has 0 saturated carbocycles. The highest BCUT2D eigenvalue weighted by atomic mass is 16.5. The largest absolute Gasteiger partial charge is 0.462 e. The molecule has 19 heavy (non-hydrogen) atoms. The molecule has 0 unspecified atom stereocenters. The summed E-state index contributed by atoms with van der Waals surface area (Å²) in [5.74, 6) is -0.240. The van der Waals surface area contributed by atoms with Crippen LogP contribution in [0.1, 0.15) is 63.9 Å². The second kappa shape index (κ2) is 5.77. The molecule has 2 nitrogen and oxygen atoms in total. The Kier molecular flexibility index (Phi) is 4.78. The van der Waals surface area contributed by atoms with Crippen LogP contribution in [0.25, 0.3) is 0 Å². The zero-order valence-electron chi connectivity index (χ0n) is 13.0. The molecule has 0 atom stereocenters. The van der Waals surface area contributed by atoms with Gasteiger partial charge in [0.25, 0.3) is 0 Å². The summed E-state index contributed by atoms with van der Waals surface area (Å²) in [7, 11) is 0. The molecule has 0 spiro atoms. The quantitative estimate of drug-likeness (QED) is 0.743. The van der Waals surface area contributed by atoms with Gasteiger partial charge in [0.2, 0.25) is 0 Å². The third-order valence-electron chi connectivity index (χ3n) is 3.42. The van der Waals surface area contributed by atoms with Crippen molar-refractivity contribution in [1.29, 1.82) is 0 Å². The van der Waals surface area contributed by atoms with Crippen LogP contribution in [-0.4, -0.2) is 12.6 Å². The maximum absolute atomic E-state index is 11.9. The van der Waals surface area contributed by atoms with E-state index in [1.807, 2.05) is 45.0 Å². The standard InChI is InChI=1S/C17H26O2/c1-7-17(5,6)14-10-8-13(9-11-14)15(18)19-12-16(2,3)4/h8-11H,7,12H2,1-6H3. The summed E-state index contributed by atoms with van der Waals surface area (Å²) in [4.78, 5) is 11.9. The SMILES string of the molecule is CCC(C)(C)c1ccc(C(=O)OCC(C)(C)C)cc1. The number of hydrogen-bond donors (Lipinski definition) is 0. The molecular weight excluding hydrogens is 236 g/mol. The Morgan fingerprint density at radius 1 is 1.05 bits per heavy atom. The zero-order chi connectivity index (χ0) is 14.7. The first-order valence-corrected chi connectivity index (χ1v) is 6.93. The lowest BCUT2D eigenvalue weighted by molar-refractivity contribution is 0.0367. The number of rotatable bonds is 4. The molecule has 0 amide bonds. The summed E-state index contributed by atoms with van der Waals surface area (Å²) in [5.41, 5.74) is 2.02. The van der Waals surface area contributed by atoms with Gasteiger partial charge in [-0.1, -0.05) is 53.7 Å². The van der Waals surface area contributed by atoms with Gasteiger partial charge in [0.05, 0.1) is 12.2 Å². The molecule has 0 aromatic heterocycles. The van der Waals surface area contributed by atoms with Crippen molar-refractivity contribution in [3.63, 3.8) is 0 Å². The van der Waals surface area contributed by atoms with Crippen LogP contribution in [0.2, 0.25) is 0 Å². The van der Waals surface area contributed by atoms with Crippen LogP contribution >= 0.6 is 0 Å². The minimum Gasteiger partial charge on any atom is -0.462 e. The Balaban J connectivity index is 2.74. The minimum atomic E-state index is -0.240. The Hall–Kier alpha value is -1.31. The first kappa shape index (κ1) is 15.7. The molecule has 106 valence electrons. The number of carbonyl (C=O) groups is 1. The maximum atomic E-state index is 11.9. The summed E-state index contributed by atoms with van der Waals surface area (Å²) in [6.07, 6.45) is 1.07. The first-order chi connectivity index (χ1) is 8.65. The number of hydrogen-bond acceptors (Lipinski definition) is 2. The molecule has 1 rings (SSSR count). The van der Waals surface area contributed by atoms with Crippen LogP contribution in [-0.2, 0) is 10.2 Å². The zero-order valence-corrected chi connectivity index (χ0v) is 13.0. The van der Waals surface area contributed by atoms with Crippen molar-refractivity contribution in [2.45, 2.75) is 53.4 Å². The lowest BCUT2D eigenvalue weighted by Gasteiger charge is -2.23. The van der Waals surface area contributed by atoms with Gasteiger partial charge in [-0.3, -0.25) is 0 Å². The average Bonchev–Trinajstić information content (AvgIpc) is 2.35. The molecule has 0 heterocycles. The van der Waals surface area contributed by atoms with Gasteiger partial charge in [0.15, 0.2) is 0 Å². The van der Waals surface area contributed by atoms with Gasteiger partial charge in [-0.2, -0.15) is 0 Å². The molecule has 0 saturated heterocycles. The van der Waals surface area contributed by atoms with Crippen molar-refractivity contribution in [3.8, 4) is 0 Å². The topological polar surface area (TPSA) is 26.3 Å². The van der Waals surface area contributed by atoms with E-state index >= 15 is 0 Å². The highest BCUT2D eigenvalue weighted by molar-refractivity contribution is 5.89. The fraction of sp³-hybridized carbons (Fsp3) is 0.588. The fourth-order valence-corrected chi connectivity index (χ4v) is 1.63. The lowest BCUT2D eigenvalue weighted by Crippen LogP contribution is -2.19. The Morgan fingerprint density at radius 2 is 1.58 bits per heavy atom. The maximum Gasteiger partial charge on any atom is 0.338 e. The lowest BCUT2D eigenvalue weighted by atomic mass is 9.82. The first-order valence-electron chi connectivity index (χ1n) is 6.93. The van der Waals surface area contributed by atoms with Gasteiger partial charge in [-0.15, -0.1) is 0 Å². The van der Waals surface area contributed by atoms with Crippen molar-refractivity contribution < 1.29 is 9.53 Å². The van der Waals surface area contributed by atoms with E-state index in [1.54, 1.807) is 0 Å². The van der Waals surface area contributed by atoms with Crippen molar-refractivity contribution in [2.75, 3.05) is 6.61 Å². The predicted octanol–water partition coefficient (Wildman–Crippen LogP) is 4.58. The van der Waals surface area contributed by atoms with Crippen LogP contribution in [0.15, 0.2) is 24.3 Å². The molecule has 0 radical (unpaired) electrons. The van der Waals surface area contributed by atoms with Gasteiger partial charge < -0.3 is 4.74 Å². The number of ether oxygens (including phenoxy) is 1. The second-order valence-corrected chi connectivity index (χ2v) is 6.95. The van der Waals surface area contributed by atoms with Gasteiger partial charge >= 0.3 is 5.97 Å². The molecular formula is C17H26O2. The molecule has 0 aliphatic heterocycles. The van der Waals surface area contributed by atoms with E-state index in [0.717, 1.165) is 6.42 Å². The van der Waals surface area contributed by atoms with Gasteiger partial charge in [-0.05, 0) is 34.9 Å². The molecule has 1 aromatic carbocycles. The summed E-state index contributed by atoms with van der Waals surface area (Å²) >= 11 is 0. The number of carbonyl (C=O) groups excluding carboxylic acids is 1. The van der Waals surface area contributed by atoms with Crippen LogP contribution in [0.4, 0.5) is 0 Å². The molecule has 0 bridgehead atoms. The molecule has 0 aliphatic rings. The third-order valence-corrected chi connectivity index (χ3v) is 3.42. The average molecular weight is 262 g/mol.